The molecular formula is C22H25N3O4. The highest BCUT2D eigenvalue weighted by Crippen LogP contribution is 2.16. The van der Waals surface area contributed by atoms with Gasteiger partial charge >= 0.3 is 0 Å². The largest absolute Gasteiger partial charge is 0.497 e. The Balaban J connectivity index is 1.54. The molecule has 1 fully saturated rings. The summed E-state index contributed by atoms with van der Waals surface area (Å²) in [6.07, 6.45) is 4.04. The fourth-order valence-corrected chi connectivity index (χ4v) is 3.35. The van der Waals surface area contributed by atoms with Gasteiger partial charge in [-0.25, -0.2) is 0 Å². The van der Waals surface area contributed by atoms with Gasteiger partial charge in [-0.05, 0) is 35.8 Å². The first-order valence-electron chi connectivity index (χ1n) is 9.62. The number of hydrogen-bond acceptors (Lipinski definition) is 5. The number of ether oxygens (including phenoxy) is 1. The molecule has 1 saturated heterocycles. The van der Waals surface area contributed by atoms with Crippen molar-refractivity contribution in [2.24, 2.45) is 0 Å². The smallest absolute Gasteiger partial charge is 0.270 e. The Labute approximate surface area is 170 Å². The monoisotopic (exact) mass is 395 g/mol. The topological polar surface area (TPSA) is 75.9 Å². The van der Waals surface area contributed by atoms with Crippen molar-refractivity contribution in [1.82, 2.24) is 9.80 Å². The van der Waals surface area contributed by atoms with Crippen molar-refractivity contribution in [3.8, 4) is 5.75 Å². The van der Waals surface area contributed by atoms with Crippen LogP contribution in [-0.4, -0.2) is 53.9 Å². The van der Waals surface area contributed by atoms with Gasteiger partial charge in [0, 0.05) is 50.9 Å². The molecule has 1 aliphatic rings. The van der Waals surface area contributed by atoms with E-state index in [2.05, 4.69) is 17.0 Å². The first kappa shape index (κ1) is 20.5. The Morgan fingerprint density at radius 1 is 1.14 bits per heavy atom. The van der Waals surface area contributed by atoms with Crippen LogP contribution in [0.1, 0.15) is 17.5 Å². The van der Waals surface area contributed by atoms with Crippen LogP contribution in [0.25, 0.3) is 6.08 Å². The van der Waals surface area contributed by atoms with Crippen LogP contribution in [0.5, 0.6) is 5.75 Å². The summed E-state index contributed by atoms with van der Waals surface area (Å²) >= 11 is 0. The van der Waals surface area contributed by atoms with Crippen molar-refractivity contribution in [2.45, 2.75) is 13.0 Å². The number of nitrogens with zero attached hydrogens (tertiary/aromatic N) is 3. The molecule has 1 heterocycles. The minimum absolute atomic E-state index is 0.0172. The lowest BCUT2D eigenvalue weighted by Gasteiger charge is -2.21. The van der Waals surface area contributed by atoms with Crippen LogP contribution in [0.15, 0.2) is 54.6 Å². The predicted octanol–water partition coefficient (Wildman–Crippen LogP) is 3.35. The van der Waals surface area contributed by atoms with Crippen molar-refractivity contribution < 1.29 is 14.5 Å². The predicted molar refractivity (Wildman–Crippen MR) is 112 cm³/mol. The zero-order valence-corrected chi connectivity index (χ0v) is 16.5. The average Bonchev–Trinajstić information content (AvgIpc) is 2.98. The second kappa shape index (κ2) is 9.84. The van der Waals surface area contributed by atoms with E-state index in [1.165, 1.54) is 23.8 Å². The summed E-state index contributed by atoms with van der Waals surface area (Å²) in [7, 11) is 1.66. The molecule has 7 nitrogen and oxygen atoms in total. The summed E-state index contributed by atoms with van der Waals surface area (Å²) in [6.45, 7) is 3.95. The molecule has 0 unspecified atom stereocenters. The van der Waals surface area contributed by atoms with Crippen molar-refractivity contribution in [2.75, 3.05) is 33.3 Å². The van der Waals surface area contributed by atoms with Crippen LogP contribution in [0.2, 0.25) is 0 Å². The molecule has 1 aliphatic heterocycles. The van der Waals surface area contributed by atoms with E-state index in [9.17, 15) is 14.9 Å². The van der Waals surface area contributed by atoms with Crippen molar-refractivity contribution in [1.29, 1.82) is 0 Å². The molecule has 2 aromatic carbocycles. The van der Waals surface area contributed by atoms with Gasteiger partial charge in [-0.15, -0.1) is 0 Å². The molecule has 1 amide bonds. The molecule has 0 aliphatic carbocycles. The Morgan fingerprint density at radius 3 is 2.66 bits per heavy atom. The maximum Gasteiger partial charge on any atom is 0.270 e. The van der Waals surface area contributed by atoms with Crippen LogP contribution in [0, 0.1) is 10.1 Å². The van der Waals surface area contributed by atoms with Gasteiger partial charge in [0.15, 0.2) is 0 Å². The summed E-state index contributed by atoms with van der Waals surface area (Å²) in [5.74, 6) is 0.778. The van der Waals surface area contributed by atoms with Gasteiger partial charge in [-0.1, -0.05) is 24.3 Å². The highest BCUT2D eigenvalue weighted by Gasteiger charge is 2.17. The Morgan fingerprint density at radius 2 is 1.93 bits per heavy atom. The lowest BCUT2D eigenvalue weighted by atomic mass is 10.2. The molecule has 0 bridgehead atoms. The molecule has 0 aromatic heterocycles. The Hall–Kier alpha value is -3.19. The third-order valence-corrected chi connectivity index (χ3v) is 4.96. The van der Waals surface area contributed by atoms with Crippen molar-refractivity contribution in [3.63, 3.8) is 0 Å². The van der Waals surface area contributed by atoms with E-state index in [-0.39, 0.29) is 11.6 Å². The highest BCUT2D eigenvalue weighted by atomic mass is 16.6. The van der Waals surface area contributed by atoms with Crippen molar-refractivity contribution in [3.05, 3.63) is 75.8 Å². The lowest BCUT2D eigenvalue weighted by Crippen LogP contribution is -2.34. The molecule has 29 heavy (non-hydrogen) atoms. The van der Waals surface area contributed by atoms with Crippen LogP contribution in [0.3, 0.4) is 0 Å². The van der Waals surface area contributed by atoms with E-state index in [1.54, 1.807) is 25.3 Å². The maximum atomic E-state index is 12.6. The SMILES string of the molecule is COc1ccc(CN2CCCN(C(=O)/C=C/c3cccc([N+](=O)[O-])c3)CC2)cc1. The molecule has 152 valence electrons. The van der Waals surface area contributed by atoms with E-state index in [0.717, 1.165) is 31.8 Å². The quantitative estimate of drug-likeness (QED) is 0.426. The molecule has 0 spiro atoms. The number of non-ortho nitro benzene ring substituents is 1. The zero-order chi connectivity index (χ0) is 20.6. The number of amides is 1. The summed E-state index contributed by atoms with van der Waals surface area (Å²) in [5.41, 5.74) is 1.88. The number of rotatable bonds is 6. The van der Waals surface area contributed by atoms with E-state index < -0.39 is 4.92 Å². The van der Waals surface area contributed by atoms with Crippen LogP contribution in [-0.2, 0) is 11.3 Å². The molecule has 2 aromatic rings. The van der Waals surface area contributed by atoms with Crippen LogP contribution < -0.4 is 4.74 Å². The van der Waals surface area contributed by atoms with Crippen LogP contribution in [0.4, 0.5) is 5.69 Å². The third kappa shape index (κ3) is 5.89. The standard InChI is InChI=1S/C22H25N3O4/c1-29-21-9-6-19(7-10-21)17-23-12-3-13-24(15-14-23)22(26)11-8-18-4-2-5-20(16-18)25(27)28/h2,4-11,16H,3,12-15,17H2,1H3/b11-8+. The second-order valence-electron chi connectivity index (χ2n) is 6.99. The normalized spacial score (nSPS) is 15.3. The number of carbonyl (C=O) groups is 1. The number of nitro benzene ring substituents is 1. The van der Waals surface area contributed by atoms with Crippen molar-refractivity contribution >= 4 is 17.7 Å². The van der Waals surface area contributed by atoms with Gasteiger partial charge in [0.1, 0.15) is 5.75 Å². The number of nitro groups is 1. The third-order valence-electron chi connectivity index (χ3n) is 4.96. The van der Waals surface area contributed by atoms with Gasteiger partial charge < -0.3 is 9.64 Å². The fraction of sp³-hybridized carbons (Fsp3) is 0.318. The highest BCUT2D eigenvalue weighted by molar-refractivity contribution is 5.91. The first-order chi connectivity index (χ1) is 14.0. The fourth-order valence-electron chi connectivity index (χ4n) is 3.35. The summed E-state index contributed by atoms with van der Waals surface area (Å²) in [5, 5.41) is 10.9. The van der Waals surface area contributed by atoms with Gasteiger partial charge in [-0.2, -0.15) is 0 Å². The summed E-state index contributed by atoms with van der Waals surface area (Å²) in [6, 6.07) is 14.3. The van der Waals surface area contributed by atoms with Gasteiger partial charge in [0.05, 0.1) is 12.0 Å². The van der Waals surface area contributed by atoms with E-state index >= 15 is 0 Å². The molecular weight excluding hydrogens is 370 g/mol. The van der Waals surface area contributed by atoms with Gasteiger partial charge in [0.25, 0.3) is 5.69 Å². The van der Waals surface area contributed by atoms with Crippen LogP contribution >= 0.6 is 0 Å². The molecule has 7 heteroatoms. The van der Waals surface area contributed by atoms with Gasteiger partial charge in [-0.3, -0.25) is 19.8 Å². The minimum atomic E-state index is -0.439. The lowest BCUT2D eigenvalue weighted by molar-refractivity contribution is -0.384. The molecule has 0 saturated carbocycles. The minimum Gasteiger partial charge on any atom is -0.497 e. The first-order valence-corrected chi connectivity index (χ1v) is 9.62. The number of benzene rings is 2. The average molecular weight is 395 g/mol. The van der Waals surface area contributed by atoms with E-state index in [0.29, 0.717) is 18.7 Å². The van der Waals surface area contributed by atoms with E-state index in [4.69, 9.17) is 4.74 Å². The van der Waals surface area contributed by atoms with Gasteiger partial charge in [0.2, 0.25) is 5.91 Å². The van der Waals surface area contributed by atoms with E-state index in [1.807, 2.05) is 17.0 Å². The zero-order valence-electron chi connectivity index (χ0n) is 16.5. The number of methoxy groups -OCH3 is 1. The molecule has 0 radical (unpaired) electrons. The Kier molecular flexibility index (Phi) is 6.97. The number of hydrogen-bond donors (Lipinski definition) is 0. The maximum absolute atomic E-state index is 12.6. The summed E-state index contributed by atoms with van der Waals surface area (Å²) in [4.78, 5) is 27.2. The molecule has 0 N–H and O–H groups in total. The summed E-state index contributed by atoms with van der Waals surface area (Å²) < 4.78 is 5.20. The molecule has 3 rings (SSSR count). The Bertz CT molecular complexity index is 880. The second-order valence-corrected chi connectivity index (χ2v) is 6.99. The number of carbonyl (C=O) groups excluding carboxylic acids is 1. The molecule has 0 atom stereocenters.